The number of aromatic nitrogens is 4. The largest absolute Gasteiger partial charge is 0.382 e. The minimum absolute atomic E-state index is 0.110. The van der Waals surface area contributed by atoms with E-state index >= 15 is 0 Å². The summed E-state index contributed by atoms with van der Waals surface area (Å²) < 4.78 is 7.34. The summed E-state index contributed by atoms with van der Waals surface area (Å²) in [7, 11) is 1.69. The summed E-state index contributed by atoms with van der Waals surface area (Å²) in [5, 5.41) is 16.2. The van der Waals surface area contributed by atoms with E-state index in [0.717, 1.165) is 40.6 Å². The van der Waals surface area contributed by atoms with Crippen LogP contribution >= 0.6 is 0 Å². The average molecular weight is 328 g/mol. The smallest absolute Gasteiger partial charge is 0.149 e. The summed E-state index contributed by atoms with van der Waals surface area (Å²) in [6.45, 7) is 6.11. The number of pyridine rings is 1. The quantitative estimate of drug-likeness (QED) is 0.764. The van der Waals surface area contributed by atoms with Crippen molar-refractivity contribution in [3.05, 3.63) is 35.9 Å². The Bertz CT molecular complexity index is 837. The van der Waals surface area contributed by atoms with Crippen LogP contribution in [0.4, 0.5) is 0 Å². The summed E-state index contributed by atoms with van der Waals surface area (Å²) in [5.74, 6) is 0. The van der Waals surface area contributed by atoms with Gasteiger partial charge in [0.1, 0.15) is 23.7 Å². The lowest BCUT2D eigenvalue weighted by molar-refractivity contribution is 0.0255. The maximum Gasteiger partial charge on any atom is 0.149 e. The molecule has 0 radical (unpaired) electrons. The highest BCUT2D eigenvalue weighted by Crippen LogP contribution is 2.43. The maximum atomic E-state index is 10.6. The van der Waals surface area contributed by atoms with Crippen LogP contribution in [-0.4, -0.2) is 32.0 Å². The number of nitrogens with zero attached hydrogens (tertiary/aromatic N) is 3. The summed E-state index contributed by atoms with van der Waals surface area (Å²) in [6, 6.07) is 1.97. The summed E-state index contributed by atoms with van der Waals surface area (Å²) in [6.07, 6.45) is 6.59. The molecule has 6 heteroatoms. The lowest BCUT2D eigenvalue weighted by Gasteiger charge is -2.16. The van der Waals surface area contributed by atoms with Gasteiger partial charge in [0, 0.05) is 42.2 Å². The molecular formula is C18H24N4O2. The lowest BCUT2D eigenvalue weighted by atomic mass is 9.91. The van der Waals surface area contributed by atoms with Crippen LogP contribution in [0.25, 0.3) is 22.2 Å². The number of hydrogen-bond donors (Lipinski definition) is 2. The number of nitrogens with one attached hydrogen (secondary N) is 1. The molecule has 3 heterocycles. The molecule has 0 saturated heterocycles. The minimum Gasteiger partial charge on any atom is -0.382 e. The molecule has 3 aromatic heterocycles. The molecule has 3 aromatic rings. The third-order valence-electron chi connectivity index (χ3n) is 4.31. The third kappa shape index (κ3) is 2.42. The number of ether oxygens (including phenoxy) is 1. The Morgan fingerprint density at radius 3 is 2.88 bits per heavy atom. The van der Waals surface area contributed by atoms with Crippen molar-refractivity contribution in [1.82, 2.24) is 19.7 Å². The van der Waals surface area contributed by atoms with Gasteiger partial charge in [-0.3, -0.25) is 0 Å². The van der Waals surface area contributed by atoms with E-state index in [2.05, 4.69) is 22.0 Å². The van der Waals surface area contributed by atoms with E-state index in [9.17, 15) is 5.11 Å². The van der Waals surface area contributed by atoms with Gasteiger partial charge in [0.05, 0.1) is 0 Å². The maximum absolute atomic E-state index is 10.6. The van der Waals surface area contributed by atoms with Gasteiger partial charge in [-0.1, -0.05) is 27.2 Å². The van der Waals surface area contributed by atoms with Gasteiger partial charge in [-0.15, -0.1) is 0 Å². The van der Waals surface area contributed by atoms with E-state index in [-0.39, 0.29) is 6.23 Å². The zero-order valence-corrected chi connectivity index (χ0v) is 14.6. The van der Waals surface area contributed by atoms with Gasteiger partial charge in [0.25, 0.3) is 0 Å². The first kappa shape index (κ1) is 16.7. The molecule has 0 fully saturated rings. The Morgan fingerprint density at radius 1 is 1.38 bits per heavy atom. The molecule has 0 bridgehead atoms. The van der Waals surface area contributed by atoms with Crippen molar-refractivity contribution >= 4 is 11.0 Å². The van der Waals surface area contributed by atoms with Crippen molar-refractivity contribution in [3.8, 4) is 11.1 Å². The van der Waals surface area contributed by atoms with E-state index < -0.39 is 6.10 Å². The number of fused-ring (bicyclic) bond motifs is 2. The van der Waals surface area contributed by atoms with Crippen LogP contribution in [-0.2, 0) is 4.74 Å². The van der Waals surface area contributed by atoms with Gasteiger partial charge in [-0.05, 0) is 18.1 Å². The van der Waals surface area contributed by atoms with Gasteiger partial charge in [0.15, 0.2) is 0 Å². The molecule has 24 heavy (non-hydrogen) atoms. The standard InChI is InChI=1S/C16H18N4O2.C2H6/c1-3-4-12(22-2)20-8-11-9-5-6-17-16-13(9)10(7-18-16)15(21)14(11)19-20;1-2/h5-8,12,15,21H,3-4H2,1-2H3,(H,17,18);1-2H3. The highest BCUT2D eigenvalue weighted by molar-refractivity contribution is 5.98. The van der Waals surface area contributed by atoms with Crippen LogP contribution in [0.2, 0.25) is 0 Å². The number of rotatable bonds is 4. The predicted octanol–water partition coefficient (Wildman–Crippen LogP) is 3.79. The molecule has 0 spiro atoms. The molecule has 4 rings (SSSR count). The van der Waals surface area contributed by atoms with Crippen LogP contribution in [0.3, 0.4) is 0 Å². The minimum atomic E-state index is -0.735. The summed E-state index contributed by atoms with van der Waals surface area (Å²) in [4.78, 5) is 7.43. The van der Waals surface area contributed by atoms with Crippen LogP contribution in [0, 0.1) is 0 Å². The molecule has 2 N–H and O–H groups in total. The summed E-state index contributed by atoms with van der Waals surface area (Å²) >= 11 is 0. The number of H-pyrrole nitrogens is 1. The fourth-order valence-electron chi connectivity index (χ4n) is 3.24. The fourth-order valence-corrected chi connectivity index (χ4v) is 3.24. The van der Waals surface area contributed by atoms with Crippen molar-refractivity contribution in [2.75, 3.05) is 7.11 Å². The molecular weight excluding hydrogens is 304 g/mol. The van der Waals surface area contributed by atoms with Crippen LogP contribution in [0.15, 0.2) is 24.7 Å². The highest BCUT2D eigenvalue weighted by Gasteiger charge is 2.31. The molecule has 1 aliphatic carbocycles. The molecule has 2 atom stereocenters. The average Bonchev–Trinajstić information content (AvgIpc) is 3.25. The first-order valence-corrected chi connectivity index (χ1v) is 8.50. The molecule has 6 nitrogen and oxygen atoms in total. The van der Waals surface area contributed by atoms with Gasteiger partial charge in [-0.2, -0.15) is 5.10 Å². The van der Waals surface area contributed by atoms with Gasteiger partial charge in [0.2, 0.25) is 0 Å². The lowest BCUT2D eigenvalue weighted by Crippen LogP contribution is -2.12. The Hall–Kier alpha value is -2.18. The van der Waals surface area contributed by atoms with Crippen LogP contribution in [0.5, 0.6) is 0 Å². The monoisotopic (exact) mass is 328 g/mol. The van der Waals surface area contributed by atoms with Crippen LogP contribution < -0.4 is 0 Å². The second-order valence-electron chi connectivity index (χ2n) is 5.62. The molecule has 0 aliphatic heterocycles. The molecule has 0 amide bonds. The number of aliphatic hydroxyl groups is 1. The van der Waals surface area contributed by atoms with E-state index in [4.69, 9.17) is 4.74 Å². The number of aliphatic hydroxyl groups excluding tert-OH is 1. The fraction of sp³-hybridized carbons (Fsp3) is 0.444. The third-order valence-corrected chi connectivity index (χ3v) is 4.31. The van der Waals surface area contributed by atoms with Gasteiger partial charge >= 0.3 is 0 Å². The molecule has 0 aromatic carbocycles. The topological polar surface area (TPSA) is 76.0 Å². The van der Waals surface area contributed by atoms with Crippen molar-refractivity contribution in [2.45, 2.75) is 45.9 Å². The zero-order chi connectivity index (χ0) is 17.3. The van der Waals surface area contributed by atoms with E-state index in [1.165, 1.54) is 0 Å². The zero-order valence-electron chi connectivity index (χ0n) is 14.6. The SMILES string of the molecule is CC.CCCC(OC)n1cc2c(n1)C(O)c1c[nH]c3nccc-2c13. The van der Waals surface area contributed by atoms with Gasteiger partial charge < -0.3 is 14.8 Å². The molecule has 1 aliphatic rings. The van der Waals surface area contributed by atoms with E-state index in [1.807, 2.05) is 37.0 Å². The molecule has 2 unspecified atom stereocenters. The first-order valence-electron chi connectivity index (χ1n) is 8.50. The molecule has 128 valence electrons. The number of methoxy groups -OCH3 is 1. The van der Waals surface area contributed by atoms with Crippen molar-refractivity contribution < 1.29 is 9.84 Å². The van der Waals surface area contributed by atoms with Crippen molar-refractivity contribution in [3.63, 3.8) is 0 Å². The second kappa shape index (κ2) is 6.75. The Labute approximate surface area is 141 Å². The van der Waals surface area contributed by atoms with E-state index in [1.54, 1.807) is 13.3 Å². The summed E-state index contributed by atoms with van der Waals surface area (Å²) in [5.41, 5.74) is 4.31. The normalized spacial score (nSPS) is 16.5. The Kier molecular flexibility index (Phi) is 4.69. The van der Waals surface area contributed by atoms with Crippen LogP contribution in [0.1, 0.15) is 57.2 Å². The second-order valence-corrected chi connectivity index (χ2v) is 5.62. The Morgan fingerprint density at radius 2 is 2.17 bits per heavy atom. The van der Waals surface area contributed by atoms with Crippen molar-refractivity contribution in [1.29, 1.82) is 0 Å². The highest BCUT2D eigenvalue weighted by atomic mass is 16.5. The predicted molar refractivity (Wildman–Crippen MR) is 93.7 cm³/mol. The molecule has 0 saturated carbocycles. The van der Waals surface area contributed by atoms with E-state index in [0.29, 0.717) is 5.69 Å². The number of aromatic amines is 1. The Balaban J connectivity index is 0.000000815. The number of hydrogen-bond acceptors (Lipinski definition) is 4. The van der Waals surface area contributed by atoms with Crippen molar-refractivity contribution in [2.24, 2.45) is 0 Å². The first-order chi connectivity index (χ1) is 11.7. The van der Waals surface area contributed by atoms with Gasteiger partial charge in [-0.25, -0.2) is 9.67 Å².